The van der Waals surface area contributed by atoms with Gasteiger partial charge in [-0.3, -0.25) is 9.20 Å². The molecule has 0 aliphatic rings. The van der Waals surface area contributed by atoms with E-state index in [0.717, 1.165) is 16.1 Å². The Bertz CT molecular complexity index is 1360. The molecule has 0 fully saturated rings. The van der Waals surface area contributed by atoms with Gasteiger partial charge in [-0.1, -0.05) is 41.9 Å². The standard InChI is InChI=1S/C18H10ClN5OS2/c19-15-13(23-6-7-26-18(23)22-15)8-21-24-10-20-16-14(17(24)25)12(9-27-16)11-4-2-1-3-5-11/h1-10H/b21-8+. The highest BCUT2D eigenvalue weighted by Gasteiger charge is 2.13. The van der Waals surface area contributed by atoms with Crippen LogP contribution < -0.4 is 5.56 Å². The maximum atomic E-state index is 13.0. The maximum absolute atomic E-state index is 13.0. The monoisotopic (exact) mass is 411 g/mol. The number of hydrogen-bond acceptors (Lipinski definition) is 6. The third kappa shape index (κ3) is 2.69. The Balaban J connectivity index is 1.64. The second-order valence-corrected chi connectivity index (χ2v) is 7.77. The van der Waals surface area contributed by atoms with Gasteiger partial charge in [-0.2, -0.15) is 9.78 Å². The van der Waals surface area contributed by atoms with E-state index in [1.165, 1.54) is 39.9 Å². The van der Waals surface area contributed by atoms with Gasteiger partial charge in [-0.25, -0.2) is 9.97 Å². The molecule has 0 amide bonds. The first kappa shape index (κ1) is 16.4. The molecule has 5 aromatic rings. The van der Waals surface area contributed by atoms with Crippen molar-refractivity contribution in [3.63, 3.8) is 0 Å². The molecule has 0 radical (unpaired) electrons. The van der Waals surface area contributed by atoms with Crippen LogP contribution in [0, 0.1) is 0 Å². The van der Waals surface area contributed by atoms with E-state index in [-0.39, 0.29) is 5.56 Å². The SMILES string of the molecule is O=c1c2c(-c3ccccc3)csc2ncn1/N=C/c1c(Cl)nc2sccn12. The van der Waals surface area contributed by atoms with Gasteiger partial charge in [-0.15, -0.1) is 22.7 Å². The zero-order valence-electron chi connectivity index (χ0n) is 13.6. The molecule has 4 aromatic heterocycles. The van der Waals surface area contributed by atoms with E-state index in [1.807, 2.05) is 51.7 Å². The van der Waals surface area contributed by atoms with E-state index in [1.54, 1.807) is 0 Å². The lowest BCUT2D eigenvalue weighted by atomic mass is 10.1. The summed E-state index contributed by atoms with van der Waals surface area (Å²) in [5.74, 6) is 0. The smallest absolute Gasteiger partial charge is 0.283 e. The lowest BCUT2D eigenvalue weighted by molar-refractivity contribution is 0.818. The van der Waals surface area contributed by atoms with E-state index >= 15 is 0 Å². The van der Waals surface area contributed by atoms with Gasteiger partial charge in [0, 0.05) is 22.5 Å². The lowest BCUT2D eigenvalue weighted by Crippen LogP contribution is -2.17. The maximum Gasteiger partial charge on any atom is 0.283 e. The number of rotatable bonds is 3. The Morgan fingerprint density at radius 2 is 2.04 bits per heavy atom. The number of nitrogens with zero attached hydrogens (tertiary/aromatic N) is 5. The second-order valence-electron chi connectivity index (χ2n) is 5.68. The fourth-order valence-corrected chi connectivity index (χ4v) is 4.74. The van der Waals surface area contributed by atoms with E-state index in [0.29, 0.717) is 21.1 Å². The van der Waals surface area contributed by atoms with Crippen molar-refractivity contribution < 1.29 is 0 Å². The molecule has 0 spiro atoms. The molecule has 4 heterocycles. The van der Waals surface area contributed by atoms with Gasteiger partial charge in [0.05, 0.1) is 11.6 Å². The van der Waals surface area contributed by atoms with Crippen molar-refractivity contribution in [1.82, 2.24) is 19.0 Å². The molecular formula is C18H10ClN5OS2. The number of benzene rings is 1. The number of fused-ring (bicyclic) bond motifs is 2. The fourth-order valence-electron chi connectivity index (χ4n) is 2.85. The highest BCUT2D eigenvalue weighted by molar-refractivity contribution is 7.17. The number of halogens is 1. The van der Waals surface area contributed by atoms with Gasteiger partial charge in [-0.05, 0) is 5.56 Å². The van der Waals surface area contributed by atoms with E-state index in [4.69, 9.17) is 11.6 Å². The van der Waals surface area contributed by atoms with Crippen LogP contribution >= 0.6 is 34.3 Å². The first-order chi connectivity index (χ1) is 13.2. The van der Waals surface area contributed by atoms with Crippen LogP contribution in [0.1, 0.15) is 5.69 Å². The topological polar surface area (TPSA) is 64.5 Å². The summed E-state index contributed by atoms with van der Waals surface area (Å²) >= 11 is 9.10. The third-order valence-corrected chi connectivity index (χ3v) is 6.04. The molecule has 0 aliphatic heterocycles. The van der Waals surface area contributed by atoms with E-state index in [2.05, 4.69) is 15.1 Å². The van der Waals surface area contributed by atoms with Crippen LogP contribution in [0.15, 0.2) is 63.5 Å². The fraction of sp³-hybridized carbons (Fsp3) is 0. The largest absolute Gasteiger partial charge is 0.288 e. The average molecular weight is 412 g/mol. The van der Waals surface area contributed by atoms with E-state index < -0.39 is 0 Å². The molecule has 6 nitrogen and oxygen atoms in total. The van der Waals surface area contributed by atoms with Gasteiger partial charge in [0.1, 0.15) is 16.9 Å². The van der Waals surface area contributed by atoms with Crippen LogP contribution in [-0.2, 0) is 0 Å². The summed E-state index contributed by atoms with van der Waals surface area (Å²) < 4.78 is 3.05. The molecule has 0 bridgehead atoms. The molecular weight excluding hydrogens is 402 g/mol. The van der Waals surface area contributed by atoms with Crippen molar-refractivity contribution in [1.29, 1.82) is 0 Å². The number of aromatic nitrogens is 4. The van der Waals surface area contributed by atoms with Crippen LogP contribution in [0.4, 0.5) is 0 Å². The van der Waals surface area contributed by atoms with Crippen LogP contribution in [0.3, 0.4) is 0 Å². The minimum Gasteiger partial charge on any atom is -0.288 e. The number of imidazole rings is 1. The Kier molecular flexibility index (Phi) is 3.89. The Morgan fingerprint density at radius 1 is 1.19 bits per heavy atom. The van der Waals surface area contributed by atoms with Gasteiger partial charge in [0.15, 0.2) is 10.1 Å². The predicted molar refractivity (Wildman–Crippen MR) is 110 cm³/mol. The third-order valence-electron chi connectivity index (χ3n) is 4.12. The van der Waals surface area contributed by atoms with Gasteiger partial charge in [0.2, 0.25) is 0 Å². The van der Waals surface area contributed by atoms with Crippen molar-refractivity contribution in [3.05, 3.63) is 74.8 Å². The van der Waals surface area contributed by atoms with Gasteiger partial charge < -0.3 is 0 Å². The highest BCUT2D eigenvalue weighted by Crippen LogP contribution is 2.30. The average Bonchev–Trinajstić information content (AvgIpc) is 3.37. The molecule has 0 unspecified atom stereocenters. The Morgan fingerprint density at radius 3 is 2.89 bits per heavy atom. The molecule has 0 saturated carbocycles. The van der Waals surface area contributed by atoms with Crippen LogP contribution in [0.2, 0.25) is 5.15 Å². The highest BCUT2D eigenvalue weighted by atomic mass is 35.5. The lowest BCUT2D eigenvalue weighted by Gasteiger charge is -2.01. The van der Waals surface area contributed by atoms with Crippen molar-refractivity contribution in [3.8, 4) is 11.1 Å². The number of thiazole rings is 1. The minimum absolute atomic E-state index is 0.224. The molecule has 0 atom stereocenters. The van der Waals surface area contributed by atoms with Crippen LogP contribution in [0.5, 0.6) is 0 Å². The summed E-state index contributed by atoms with van der Waals surface area (Å²) in [4.78, 5) is 23.1. The Hall–Kier alpha value is -2.81. The second kappa shape index (κ2) is 6.41. The van der Waals surface area contributed by atoms with Gasteiger partial charge in [0.25, 0.3) is 5.56 Å². The van der Waals surface area contributed by atoms with Crippen LogP contribution in [0.25, 0.3) is 26.3 Å². The quantitative estimate of drug-likeness (QED) is 0.414. The molecule has 5 rings (SSSR count). The normalized spacial score (nSPS) is 11.9. The molecule has 1 aromatic carbocycles. The summed E-state index contributed by atoms with van der Waals surface area (Å²) in [5.41, 5.74) is 2.23. The minimum atomic E-state index is -0.224. The van der Waals surface area contributed by atoms with Crippen molar-refractivity contribution in [2.75, 3.05) is 0 Å². The van der Waals surface area contributed by atoms with E-state index in [9.17, 15) is 4.79 Å². The molecule has 0 saturated heterocycles. The molecule has 0 aliphatic carbocycles. The molecule has 132 valence electrons. The predicted octanol–water partition coefficient (Wildman–Crippen LogP) is 4.37. The summed E-state index contributed by atoms with van der Waals surface area (Å²) in [6, 6.07) is 9.78. The molecule has 27 heavy (non-hydrogen) atoms. The van der Waals surface area contributed by atoms with Crippen molar-refractivity contribution in [2.24, 2.45) is 5.10 Å². The molecule has 0 N–H and O–H groups in total. The van der Waals surface area contributed by atoms with Crippen LogP contribution in [-0.4, -0.2) is 25.3 Å². The van der Waals surface area contributed by atoms with Gasteiger partial charge >= 0.3 is 0 Å². The zero-order valence-corrected chi connectivity index (χ0v) is 16.0. The summed E-state index contributed by atoms with van der Waals surface area (Å²) in [6.07, 6.45) is 4.81. The molecule has 9 heteroatoms. The number of thiophene rings is 1. The summed E-state index contributed by atoms with van der Waals surface area (Å²) in [7, 11) is 0. The Labute approximate surface area is 165 Å². The first-order valence-corrected chi connectivity index (χ1v) is 10.1. The van der Waals surface area contributed by atoms with Crippen molar-refractivity contribution in [2.45, 2.75) is 0 Å². The first-order valence-electron chi connectivity index (χ1n) is 7.92. The number of hydrogen-bond donors (Lipinski definition) is 0. The van der Waals surface area contributed by atoms with Crippen molar-refractivity contribution >= 4 is 55.7 Å². The summed E-state index contributed by atoms with van der Waals surface area (Å²) in [6.45, 7) is 0. The zero-order chi connectivity index (χ0) is 18.4. The summed E-state index contributed by atoms with van der Waals surface area (Å²) in [5, 5.41) is 9.05.